The minimum atomic E-state index is -0.917. The van der Waals surface area contributed by atoms with Crippen LogP contribution in [-0.2, 0) is 9.59 Å². The molecule has 0 aromatic rings. The fraction of sp³-hybridized carbons (Fsp3) is 0.750. The molecule has 0 aliphatic heterocycles. The van der Waals surface area contributed by atoms with Crippen LogP contribution in [0, 0.1) is 0 Å². The van der Waals surface area contributed by atoms with Crippen molar-refractivity contribution in [2.45, 2.75) is 32.4 Å². The number of nitrogens with two attached hydrogens (primary N) is 1. The van der Waals surface area contributed by atoms with E-state index in [1.165, 1.54) is 7.05 Å². The summed E-state index contributed by atoms with van der Waals surface area (Å²) < 4.78 is 0. The molecule has 0 aromatic heterocycles. The number of carbonyl (C=O) groups excluding carboxylic acids is 2. The summed E-state index contributed by atoms with van der Waals surface area (Å²) in [6.07, 6.45) is 0. The van der Waals surface area contributed by atoms with E-state index in [0.717, 1.165) is 0 Å². The third-order valence-electron chi connectivity index (χ3n) is 1.64. The van der Waals surface area contributed by atoms with Crippen molar-refractivity contribution in [1.29, 1.82) is 0 Å². The zero-order valence-corrected chi connectivity index (χ0v) is 8.47. The second-order valence-electron chi connectivity index (χ2n) is 3.48. The van der Waals surface area contributed by atoms with Crippen LogP contribution in [-0.4, -0.2) is 30.4 Å². The molecule has 0 radical (unpaired) electrons. The smallest absolute Gasteiger partial charge is 0.244 e. The van der Waals surface area contributed by atoms with Crippen LogP contribution in [0.4, 0.5) is 0 Å². The van der Waals surface area contributed by atoms with E-state index in [4.69, 9.17) is 5.73 Å². The van der Waals surface area contributed by atoms with E-state index in [0.29, 0.717) is 0 Å². The van der Waals surface area contributed by atoms with Crippen molar-refractivity contribution in [3.63, 3.8) is 0 Å². The first-order chi connectivity index (χ1) is 5.81. The Morgan fingerprint density at radius 2 is 1.85 bits per heavy atom. The Bertz CT molecular complexity index is 211. The Kier molecular flexibility index (Phi) is 3.87. The maximum absolute atomic E-state index is 11.2. The quantitative estimate of drug-likeness (QED) is 0.528. The molecule has 0 aliphatic rings. The molecule has 76 valence electrons. The summed E-state index contributed by atoms with van der Waals surface area (Å²) in [6, 6.07) is -0.607. The van der Waals surface area contributed by atoms with Crippen LogP contribution in [0.15, 0.2) is 0 Å². The number of nitrogens with one attached hydrogen (secondary N) is 2. The van der Waals surface area contributed by atoms with Crippen molar-refractivity contribution < 1.29 is 9.59 Å². The molecular weight excluding hydrogens is 170 g/mol. The zero-order chi connectivity index (χ0) is 10.6. The minimum Gasteiger partial charge on any atom is -0.357 e. The molecule has 0 fully saturated rings. The van der Waals surface area contributed by atoms with Crippen LogP contribution < -0.4 is 16.4 Å². The van der Waals surface area contributed by atoms with E-state index in [2.05, 4.69) is 10.6 Å². The molecule has 0 saturated heterocycles. The van der Waals surface area contributed by atoms with Gasteiger partial charge in [0.2, 0.25) is 11.8 Å². The number of carbonyl (C=O) groups is 2. The topological polar surface area (TPSA) is 84.2 Å². The average molecular weight is 187 g/mol. The molecule has 0 rings (SSSR count). The SMILES string of the molecule is CNC(=O)C(C)(C)NC(=O)[C@H](C)N. The minimum absolute atomic E-state index is 0.249. The lowest BCUT2D eigenvalue weighted by Gasteiger charge is -2.25. The van der Waals surface area contributed by atoms with Gasteiger partial charge in [0, 0.05) is 7.05 Å². The van der Waals surface area contributed by atoms with Gasteiger partial charge < -0.3 is 16.4 Å². The first-order valence-electron chi connectivity index (χ1n) is 4.11. The number of amides is 2. The van der Waals surface area contributed by atoms with E-state index < -0.39 is 11.6 Å². The third-order valence-corrected chi connectivity index (χ3v) is 1.64. The maximum Gasteiger partial charge on any atom is 0.244 e. The molecule has 4 N–H and O–H groups in total. The van der Waals surface area contributed by atoms with Gasteiger partial charge >= 0.3 is 0 Å². The highest BCUT2D eigenvalue weighted by molar-refractivity contribution is 5.91. The predicted molar refractivity (Wildman–Crippen MR) is 49.9 cm³/mol. The molecule has 5 heteroatoms. The van der Waals surface area contributed by atoms with Crippen molar-refractivity contribution in [1.82, 2.24) is 10.6 Å². The highest BCUT2D eigenvalue weighted by atomic mass is 16.2. The van der Waals surface area contributed by atoms with Crippen LogP contribution >= 0.6 is 0 Å². The van der Waals surface area contributed by atoms with Crippen molar-refractivity contribution >= 4 is 11.8 Å². The Labute approximate surface area is 78.1 Å². The van der Waals surface area contributed by atoms with Crippen molar-refractivity contribution in [2.75, 3.05) is 7.05 Å². The van der Waals surface area contributed by atoms with E-state index in [9.17, 15) is 9.59 Å². The molecule has 13 heavy (non-hydrogen) atoms. The van der Waals surface area contributed by atoms with Crippen molar-refractivity contribution in [3.05, 3.63) is 0 Å². The molecule has 0 heterocycles. The van der Waals surface area contributed by atoms with Crippen LogP contribution in [0.25, 0.3) is 0 Å². The molecule has 5 nitrogen and oxygen atoms in total. The first kappa shape index (κ1) is 11.9. The Balaban J connectivity index is 4.33. The Morgan fingerprint density at radius 3 is 2.15 bits per heavy atom. The second-order valence-corrected chi connectivity index (χ2v) is 3.48. The van der Waals surface area contributed by atoms with Crippen molar-refractivity contribution in [2.24, 2.45) is 5.73 Å². The summed E-state index contributed by atoms with van der Waals surface area (Å²) in [7, 11) is 1.52. The molecule has 2 amide bonds. The largest absolute Gasteiger partial charge is 0.357 e. The summed E-state index contributed by atoms with van der Waals surface area (Å²) in [6.45, 7) is 4.80. The van der Waals surface area contributed by atoms with E-state index in [1.807, 2.05) is 0 Å². The first-order valence-corrected chi connectivity index (χ1v) is 4.11. The number of likely N-dealkylation sites (N-methyl/N-ethyl adjacent to an activating group) is 1. The average Bonchev–Trinajstić information content (AvgIpc) is 2.01. The monoisotopic (exact) mass is 187 g/mol. The predicted octanol–water partition coefficient (Wildman–Crippen LogP) is -1.03. The Hall–Kier alpha value is -1.10. The standard InChI is InChI=1S/C8H17N3O2/c1-5(9)6(12)11-8(2,3)7(13)10-4/h5H,9H2,1-4H3,(H,10,13)(H,11,12)/t5-/m0/s1. The lowest BCUT2D eigenvalue weighted by Crippen LogP contribution is -2.57. The van der Waals surface area contributed by atoms with E-state index >= 15 is 0 Å². The second kappa shape index (κ2) is 4.23. The molecule has 0 saturated carbocycles. The zero-order valence-electron chi connectivity index (χ0n) is 8.47. The third kappa shape index (κ3) is 3.42. The van der Waals surface area contributed by atoms with Gasteiger partial charge in [0.1, 0.15) is 5.54 Å². The summed E-state index contributed by atoms with van der Waals surface area (Å²) in [5, 5.41) is 4.99. The van der Waals surface area contributed by atoms with Crippen LogP contribution in [0.2, 0.25) is 0 Å². The van der Waals surface area contributed by atoms with Crippen molar-refractivity contribution in [3.8, 4) is 0 Å². The highest BCUT2D eigenvalue weighted by Gasteiger charge is 2.29. The van der Waals surface area contributed by atoms with Gasteiger partial charge in [0.05, 0.1) is 6.04 Å². The van der Waals surface area contributed by atoms with Gasteiger partial charge in [-0.1, -0.05) is 0 Å². The maximum atomic E-state index is 11.2. The number of hydrogen-bond acceptors (Lipinski definition) is 3. The summed E-state index contributed by atoms with van der Waals surface area (Å²) in [4.78, 5) is 22.4. The van der Waals surface area contributed by atoms with Gasteiger partial charge in [-0.2, -0.15) is 0 Å². The van der Waals surface area contributed by atoms with Gasteiger partial charge in [-0.05, 0) is 20.8 Å². The van der Waals surface area contributed by atoms with Gasteiger partial charge in [0.15, 0.2) is 0 Å². The lowest BCUT2D eigenvalue weighted by molar-refractivity contribution is -0.132. The van der Waals surface area contributed by atoms with Gasteiger partial charge in [-0.15, -0.1) is 0 Å². The molecule has 0 aliphatic carbocycles. The lowest BCUT2D eigenvalue weighted by atomic mass is 10.0. The fourth-order valence-electron chi connectivity index (χ4n) is 0.791. The molecule has 0 aromatic carbocycles. The van der Waals surface area contributed by atoms with E-state index in [-0.39, 0.29) is 11.8 Å². The fourth-order valence-corrected chi connectivity index (χ4v) is 0.791. The summed E-state index contributed by atoms with van der Waals surface area (Å²) in [5.41, 5.74) is 4.42. The molecule has 0 bridgehead atoms. The van der Waals surface area contributed by atoms with Crippen LogP contribution in [0.1, 0.15) is 20.8 Å². The normalized spacial score (nSPS) is 13.3. The molecule has 1 atom stereocenters. The Morgan fingerprint density at radius 1 is 1.38 bits per heavy atom. The number of hydrogen-bond donors (Lipinski definition) is 3. The molecular formula is C8H17N3O2. The summed E-state index contributed by atoms with van der Waals surface area (Å²) >= 11 is 0. The summed E-state index contributed by atoms with van der Waals surface area (Å²) in [5.74, 6) is -0.588. The van der Waals surface area contributed by atoms with Gasteiger partial charge in [0.25, 0.3) is 0 Å². The number of rotatable bonds is 3. The van der Waals surface area contributed by atoms with Gasteiger partial charge in [-0.3, -0.25) is 9.59 Å². The molecule has 0 unspecified atom stereocenters. The van der Waals surface area contributed by atoms with Crippen LogP contribution in [0.5, 0.6) is 0 Å². The highest BCUT2D eigenvalue weighted by Crippen LogP contribution is 2.01. The van der Waals surface area contributed by atoms with Crippen LogP contribution in [0.3, 0.4) is 0 Å². The van der Waals surface area contributed by atoms with Gasteiger partial charge in [-0.25, -0.2) is 0 Å². The van der Waals surface area contributed by atoms with E-state index in [1.54, 1.807) is 20.8 Å². The molecule has 0 spiro atoms.